The molecule has 1 aromatic heterocycles. The number of nitrogens with zero attached hydrogens (tertiary/aromatic N) is 1. The molecule has 2 nitrogen and oxygen atoms in total. The monoisotopic (exact) mass is 212 g/mol. The molecule has 0 aliphatic carbocycles. The summed E-state index contributed by atoms with van der Waals surface area (Å²) in [4.78, 5) is 3.33. The number of hydrogen-bond acceptors (Lipinski definition) is 2. The van der Waals surface area contributed by atoms with Gasteiger partial charge in [-0.2, -0.15) is 0 Å². The quantitative estimate of drug-likeness (QED) is 0.728. The molecule has 0 atom stereocenters. The van der Waals surface area contributed by atoms with Crippen LogP contribution in [0.5, 0.6) is 0 Å². The Hall–Kier alpha value is -0.610. The predicted octanol–water partition coefficient (Wildman–Crippen LogP) is 2.91. The molecule has 0 saturated carbocycles. The molecule has 0 bridgehead atoms. The largest absolute Gasteiger partial charge is 0.397 e. The smallest absolute Gasteiger partial charge is 0.282 e. The number of halogens is 4. The zero-order chi connectivity index (χ0) is 9.30. The first kappa shape index (κ1) is 9.48. The highest BCUT2D eigenvalue weighted by Gasteiger charge is 2.15. The summed E-state index contributed by atoms with van der Waals surface area (Å²) in [5.41, 5.74) is 4.51. The lowest BCUT2D eigenvalue weighted by Crippen LogP contribution is -1.98. The highest BCUT2D eigenvalue weighted by molar-refractivity contribution is 6.41. The minimum Gasteiger partial charge on any atom is -0.397 e. The minimum absolute atomic E-state index is 0.0681. The van der Waals surface area contributed by atoms with Gasteiger partial charge in [0.25, 0.3) is 6.43 Å². The molecule has 0 fully saturated rings. The molecule has 0 aliphatic rings. The predicted molar refractivity (Wildman–Crippen MR) is 43.6 cm³/mol. The third kappa shape index (κ3) is 1.76. The number of aromatic nitrogens is 1. The summed E-state index contributed by atoms with van der Waals surface area (Å²) >= 11 is 10.9. The van der Waals surface area contributed by atoms with Gasteiger partial charge in [-0.05, 0) is 6.07 Å². The van der Waals surface area contributed by atoms with Gasteiger partial charge in [0.2, 0.25) is 0 Å². The maximum Gasteiger partial charge on any atom is 0.282 e. The summed E-state index contributed by atoms with van der Waals surface area (Å²) in [6, 6.07) is 1.15. The van der Waals surface area contributed by atoms with E-state index in [1.54, 1.807) is 0 Å². The van der Waals surface area contributed by atoms with Gasteiger partial charge >= 0.3 is 0 Å². The molecule has 12 heavy (non-hydrogen) atoms. The number of rotatable bonds is 1. The van der Waals surface area contributed by atoms with Gasteiger partial charge in [0.05, 0.1) is 10.7 Å². The van der Waals surface area contributed by atoms with Crippen LogP contribution >= 0.6 is 23.2 Å². The van der Waals surface area contributed by atoms with E-state index < -0.39 is 12.1 Å². The summed E-state index contributed by atoms with van der Waals surface area (Å²) in [5.74, 6) is 0. The fourth-order valence-electron chi connectivity index (χ4n) is 0.669. The Balaban J connectivity index is 3.23. The van der Waals surface area contributed by atoms with Crippen molar-refractivity contribution in [3.63, 3.8) is 0 Å². The molecule has 2 N–H and O–H groups in total. The van der Waals surface area contributed by atoms with Gasteiger partial charge in [-0.1, -0.05) is 23.2 Å². The minimum atomic E-state index is -2.74. The number of nitrogens with two attached hydrogens (primary N) is 1. The van der Waals surface area contributed by atoms with Crippen molar-refractivity contribution in [1.82, 2.24) is 4.98 Å². The molecule has 0 amide bonds. The average molecular weight is 213 g/mol. The lowest BCUT2D eigenvalue weighted by atomic mass is 10.3. The number of hydrogen-bond donors (Lipinski definition) is 1. The zero-order valence-electron chi connectivity index (χ0n) is 5.69. The van der Waals surface area contributed by atoms with E-state index in [-0.39, 0.29) is 15.9 Å². The second kappa shape index (κ2) is 3.41. The Morgan fingerprint density at radius 1 is 1.42 bits per heavy atom. The van der Waals surface area contributed by atoms with Gasteiger partial charge < -0.3 is 5.73 Å². The van der Waals surface area contributed by atoms with Crippen LogP contribution in [0.4, 0.5) is 14.5 Å². The molecule has 0 saturated heterocycles. The van der Waals surface area contributed by atoms with E-state index in [1.807, 2.05) is 0 Å². The highest BCUT2D eigenvalue weighted by atomic mass is 35.5. The van der Waals surface area contributed by atoms with Crippen molar-refractivity contribution in [3.8, 4) is 0 Å². The molecular formula is C6H4Cl2F2N2. The van der Waals surface area contributed by atoms with Crippen molar-refractivity contribution >= 4 is 28.9 Å². The van der Waals surface area contributed by atoms with Gasteiger partial charge in [-0.15, -0.1) is 0 Å². The van der Waals surface area contributed by atoms with Crippen LogP contribution in [0.3, 0.4) is 0 Å². The molecule has 1 heterocycles. The number of anilines is 1. The standard InChI is InChI=1S/C6H4Cl2F2N2/c7-2-1-3(11)4(6(9)10)12-5(2)8/h1,6H,11H2. The van der Waals surface area contributed by atoms with Crippen molar-refractivity contribution < 1.29 is 8.78 Å². The van der Waals surface area contributed by atoms with E-state index in [0.717, 1.165) is 6.07 Å². The summed E-state index contributed by atoms with van der Waals surface area (Å²) in [5, 5.41) is -0.0975. The molecule has 1 rings (SSSR count). The Kier molecular flexibility index (Phi) is 2.69. The molecule has 66 valence electrons. The first-order chi connectivity index (χ1) is 5.52. The molecule has 0 spiro atoms. The maximum absolute atomic E-state index is 12.1. The lowest BCUT2D eigenvalue weighted by molar-refractivity contribution is 0.147. The lowest BCUT2D eigenvalue weighted by Gasteiger charge is -2.04. The second-order valence-electron chi connectivity index (χ2n) is 2.04. The van der Waals surface area contributed by atoms with Gasteiger partial charge in [0, 0.05) is 0 Å². The Bertz CT molecular complexity index is 304. The van der Waals surface area contributed by atoms with E-state index >= 15 is 0 Å². The third-order valence-electron chi connectivity index (χ3n) is 1.20. The van der Waals surface area contributed by atoms with Gasteiger partial charge in [0.15, 0.2) is 0 Å². The molecule has 0 unspecified atom stereocenters. The van der Waals surface area contributed by atoms with Crippen molar-refractivity contribution in [3.05, 3.63) is 21.9 Å². The van der Waals surface area contributed by atoms with Crippen molar-refractivity contribution in [2.45, 2.75) is 6.43 Å². The van der Waals surface area contributed by atoms with E-state index in [9.17, 15) is 8.78 Å². The topological polar surface area (TPSA) is 38.9 Å². The van der Waals surface area contributed by atoms with Crippen LogP contribution in [0, 0.1) is 0 Å². The van der Waals surface area contributed by atoms with Crippen LogP contribution < -0.4 is 5.73 Å². The number of pyridine rings is 1. The van der Waals surface area contributed by atoms with Crippen molar-refractivity contribution in [1.29, 1.82) is 0 Å². The summed E-state index contributed by atoms with van der Waals surface area (Å²) in [6.07, 6.45) is -2.74. The van der Waals surface area contributed by atoms with Gasteiger partial charge in [-0.25, -0.2) is 13.8 Å². The highest BCUT2D eigenvalue weighted by Crippen LogP contribution is 2.29. The zero-order valence-corrected chi connectivity index (χ0v) is 7.20. The van der Waals surface area contributed by atoms with Crippen molar-refractivity contribution in [2.24, 2.45) is 0 Å². The molecular weight excluding hydrogens is 209 g/mol. The summed E-state index contributed by atoms with van der Waals surface area (Å²) in [6.45, 7) is 0. The summed E-state index contributed by atoms with van der Waals surface area (Å²) < 4.78 is 24.2. The Morgan fingerprint density at radius 3 is 2.50 bits per heavy atom. The molecule has 0 radical (unpaired) electrons. The van der Waals surface area contributed by atoms with Crippen LogP contribution in [0.15, 0.2) is 6.07 Å². The van der Waals surface area contributed by atoms with E-state index in [4.69, 9.17) is 28.9 Å². The van der Waals surface area contributed by atoms with Gasteiger partial charge in [0.1, 0.15) is 10.8 Å². The van der Waals surface area contributed by atoms with E-state index in [1.165, 1.54) is 0 Å². The molecule has 0 aromatic carbocycles. The molecule has 0 aliphatic heterocycles. The first-order valence-corrected chi connectivity index (χ1v) is 3.67. The third-order valence-corrected chi connectivity index (χ3v) is 1.87. The van der Waals surface area contributed by atoms with Gasteiger partial charge in [-0.3, -0.25) is 0 Å². The first-order valence-electron chi connectivity index (χ1n) is 2.92. The van der Waals surface area contributed by atoms with Crippen LogP contribution in [0.2, 0.25) is 10.2 Å². The number of nitrogen functional groups attached to an aromatic ring is 1. The Labute approximate surface area is 77.3 Å². The fraction of sp³-hybridized carbons (Fsp3) is 0.167. The Morgan fingerprint density at radius 2 is 2.00 bits per heavy atom. The molecule has 6 heteroatoms. The normalized spacial score (nSPS) is 10.8. The maximum atomic E-state index is 12.1. The second-order valence-corrected chi connectivity index (χ2v) is 2.80. The van der Waals surface area contributed by atoms with E-state index in [0.29, 0.717) is 0 Å². The summed E-state index contributed by atoms with van der Waals surface area (Å²) in [7, 11) is 0. The fourth-order valence-corrected chi connectivity index (χ4v) is 0.974. The van der Waals surface area contributed by atoms with Crippen LogP contribution in [0.1, 0.15) is 12.1 Å². The van der Waals surface area contributed by atoms with Crippen LogP contribution in [0.25, 0.3) is 0 Å². The molecule has 1 aromatic rings. The van der Waals surface area contributed by atoms with Crippen LogP contribution in [-0.2, 0) is 0 Å². The average Bonchev–Trinajstić information content (AvgIpc) is 1.96. The van der Waals surface area contributed by atoms with Crippen LogP contribution in [-0.4, -0.2) is 4.98 Å². The number of alkyl halides is 2. The SMILES string of the molecule is Nc1cc(Cl)c(Cl)nc1C(F)F. The van der Waals surface area contributed by atoms with E-state index in [2.05, 4.69) is 4.98 Å². The van der Waals surface area contributed by atoms with Crippen molar-refractivity contribution in [2.75, 3.05) is 5.73 Å².